The maximum absolute atomic E-state index is 2.49. The van der Waals surface area contributed by atoms with Gasteiger partial charge in [0.05, 0.1) is 16.7 Å². The van der Waals surface area contributed by atoms with E-state index in [0.717, 1.165) is 5.69 Å². The lowest BCUT2D eigenvalue weighted by Crippen LogP contribution is -2.05. The molecule has 0 unspecified atom stereocenters. The number of nitrogens with zero attached hydrogens (tertiary/aromatic N) is 2. The molecule has 3 heterocycles. The molecule has 0 bridgehead atoms. The molecule has 2 nitrogen and oxygen atoms in total. The van der Waals surface area contributed by atoms with E-state index in [4.69, 9.17) is 0 Å². The Hall–Kier alpha value is -4.99. The summed E-state index contributed by atoms with van der Waals surface area (Å²) in [4.78, 5) is 2.60. The highest BCUT2D eigenvalue weighted by atomic mass is 32.2. The van der Waals surface area contributed by atoms with Gasteiger partial charge in [-0.2, -0.15) is 0 Å². The molecule has 0 spiro atoms. The first-order chi connectivity index (χ1) is 20.3. The van der Waals surface area contributed by atoms with Gasteiger partial charge in [-0.3, -0.25) is 9.13 Å². The lowest BCUT2D eigenvalue weighted by Gasteiger charge is -2.21. The maximum atomic E-state index is 2.49. The lowest BCUT2D eigenvalue weighted by molar-refractivity contribution is 1.03. The first kappa shape index (κ1) is 22.8. The quantitative estimate of drug-likeness (QED) is 0.217. The SMILES string of the molecule is c1ccc(-c2ccc(-c3ccc(-n4c5ccccc5c5c6cccc7c6n(c54)-c4ccccc4S7)cc3)cc2)cc1. The van der Waals surface area contributed by atoms with E-state index < -0.39 is 0 Å². The van der Waals surface area contributed by atoms with Crippen LogP contribution in [0, 0.1) is 0 Å². The largest absolute Gasteiger partial charge is 0.295 e. The summed E-state index contributed by atoms with van der Waals surface area (Å²) in [7, 11) is 0. The molecule has 41 heavy (non-hydrogen) atoms. The van der Waals surface area contributed by atoms with Crippen LogP contribution < -0.4 is 0 Å². The third kappa shape index (κ3) is 3.33. The van der Waals surface area contributed by atoms with Crippen molar-refractivity contribution in [2.24, 2.45) is 0 Å². The summed E-state index contributed by atoms with van der Waals surface area (Å²) in [6, 6.07) is 52.8. The van der Waals surface area contributed by atoms with Crippen molar-refractivity contribution < 1.29 is 0 Å². The van der Waals surface area contributed by atoms with Gasteiger partial charge in [0.15, 0.2) is 0 Å². The number of fused-ring (bicyclic) bond motifs is 7. The van der Waals surface area contributed by atoms with Crippen molar-refractivity contribution in [3.05, 3.63) is 146 Å². The summed E-state index contributed by atoms with van der Waals surface area (Å²) >= 11 is 1.87. The van der Waals surface area contributed by atoms with E-state index in [9.17, 15) is 0 Å². The molecular formula is C38H24N2S. The zero-order valence-corrected chi connectivity index (χ0v) is 23.0. The Labute approximate surface area is 242 Å². The van der Waals surface area contributed by atoms with Crippen LogP contribution in [0.1, 0.15) is 0 Å². The second-order valence-electron chi connectivity index (χ2n) is 10.6. The number of para-hydroxylation sites is 3. The Balaban J connectivity index is 1.25. The van der Waals surface area contributed by atoms with Crippen LogP contribution in [0.25, 0.3) is 66.5 Å². The molecule has 1 aliphatic rings. The molecule has 0 fully saturated rings. The summed E-state index contributed by atoms with van der Waals surface area (Å²) in [5, 5.41) is 3.91. The van der Waals surface area contributed by atoms with Gasteiger partial charge in [-0.15, -0.1) is 0 Å². The minimum absolute atomic E-state index is 1.16. The smallest absolute Gasteiger partial charge is 0.131 e. The van der Waals surface area contributed by atoms with Gasteiger partial charge in [-0.25, -0.2) is 0 Å². The number of aromatic nitrogens is 2. The molecule has 8 aromatic rings. The fourth-order valence-electron chi connectivity index (χ4n) is 6.48. The monoisotopic (exact) mass is 540 g/mol. The molecule has 0 radical (unpaired) electrons. The van der Waals surface area contributed by atoms with Crippen molar-refractivity contribution in [1.29, 1.82) is 0 Å². The van der Waals surface area contributed by atoms with Crippen molar-refractivity contribution in [2.45, 2.75) is 9.79 Å². The topological polar surface area (TPSA) is 9.86 Å². The molecule has 0 saturated carbocycles. The minimum atomic E-state index is 1.16. The highest BCUT2D eigenvalue weighted by Crippen LogP contribution is 2.49. The molecule has 0 aliphatic carbocycles. The van der Waals surface area contributed by atoms with E-state index in [0.29, 0.717) is 0 Å². The second kappa shape index (κ2) is 8.76. The molecule has 0 N–H and O–H groups in total. The van der Waals surface area contributed by atoms with Gasteiger partial charge in [0.1, 0.15) is 5.65 Å². The number of benzene rings is 6. The number of hydrogen-bond acceptors (Lipinski definition) is 1. The fraction of sp³-hybridized carbons (Fsp3) is 0. The minimum Gasteiger partial charge on any atom is -0.295 e. The van der Waals surface area contributed by atoms with Crippen LogP contribution in [0.3, 0.4) is 0 Å². The predicted octanol–water partition coefficient (Wildman–Crippen LogP) is 10.5. The Morgan fingerprint density at radius 3 is 1.78 bits per heavy atom. The van der Waals surface area contributed by atoms with E-state index in [1.54, 1.807) is 0 Å². The highest BCUT2D eigenvalue weighted by Gasteiger charge is 2.27. The van der Waals surface area contributed by atoms with E-state index in [1.165, 1.54) is 70.6 Å². The van der Waals surface area contributed by atoms with Gasteiger partial charge >= 0.3 is 0 Å². The van der Waals surface area contributed by atoms with Crippen LogP contribution in [-0.2, 0) is 0 Å². The Morgan fingerprint density at radius 2 is 1.00 bits per heavy atom. The molecular weight excluding hydrogens is 516 g/mol. The van der Waals surface area contributed by atoms with Gasteiger partial charge in [-0.05, 0) is 58.7 Å². The highest BCUT2D eigenvalue weighted by molar-refractivity contribution is 7.99. The Kier molecular flexibility index (Phi) is 4.87. The molecule has 3 heteroatoms. The second-order valence-corrected chi connectivity index (χ2v) is 11.7. The van der Waals surface area contributed by atoms with Crippen molar-refractivity contribution >= 4 is 44.6 Å². The van der Waals surface area contributed by atoms with Gasteiger partial charge in [0, 0.05) is 31.6 Å². The van der Waals surface area contributed by atoms with Gasteiger partial charge in [0.2, 0.25) is 0 Å². The van der Waals surface area contributed by atoms with Crippen LogP contribution in [-0.4, -0.2) is 9.13 Å². The molecule has 2 aromatic heterocycles. The maximum Gasteiger partial charge on any atom is 0.131 e. The summed E-state index contributed by atoms with van der Waals surface area (Å²) in [6.45, 7) is 0. The average Bonchev–Trinajstić information content (AvgIpc) is 3.56. The van der Waals surface area contributed by atoms with Crippen molar-refractivity contribution in [2.75, 3.05) is 0 Å². The zero-order valence-electron chi connectivity index (χ0n) is 22.2. The first-order valence-corrected chi connectivity index (χ1v) is 14.8. The third-order valence-corrected chi connectivity index (χ3v) is 9.44. The van der Waals surface area contributed by atoms with Crippen molar-refractivity contribution in [3.63, 3.8) is 0 Å². The number of hydrogen-bond donors (Lipinski definition) is 0. The molecule has 0 atom stereocenters. The van der Waals surface area contributed by atoms with E-state index >= 15 is 0 Å². The van der Waals surface area contributed by atoms with E-state index in [2.05, 4.69) is 155 Å². The Morgan fingerprint density at radius 1 is 0.415 bits per heavy atom. The summed E-state index contributed by atoms with van der Waals surface area (Å²) < 4.78 is 4.94. The van der Waals surface area contributed by atoms with Crippen molar-refractivity contribution in [1.82, 2.24) is 9.13 Å². The third-order valence-electron chi connectivity index (χ3n) is 8.33. The van der Waals surface area contributed by atoms with E-state index in [-0.39, 0.29) is 0 Å². The molecule has 6 aromatic carbocycles. The van der Waals surface area contributed by atoms with Crippen LogP contribution in [0.5, 0.6) is 0 Å². The van der Waals surface area contributed by atoms with Crippen molar-refractivity contribution in [3.8, 4) is 33.6 Å². The average molecular weight is 541 g/mol. The molecule has 192 valence electrons. The molecule has 0 amide bonds. The van der Waals surface area contributed by atoms with Crippen LogP contribution in [0.4, 0.5) is 0 Å². The van der Waals surface area contributed by atoms with Crippen LogP contribution in [0.15, 0.2) is 155 Å². The normalized spacial score (nSPS) is 12.3. The molecule has 0 saturated heterocycles. The van der Waals surface area contributed by atoms with Crippen LogP contribution in [0.2, 0.25) is 0 Å². The van der Waals surface area contributed by atoms with Gasteiger partial charge < -0.3 is 0 Å². The fourth-order valence-corrected chi connectivity index (χ4v) is 7.57. The molecule has 9 rings (SSSR count). The summed E-state index contributed by atoms with van der Waals surface area (Å²) in [6.07, 6.45) is 0. The van der Waals surface area contributed by atoms with E-state index in [1.807, 2.05) is 11.8 Å². The van der Waals surface area contributed by atoms with Gasteiger partial charge in [0.25, 0.3) is 0 Å². The lowest BCUT2D eigenvalue weighted by atomic mass is 10.0. The molecule has 1 aliphatic heterocycles. The number of rotatable bonds is 3. The Bertz CT molecular complexity index is 2250. The summed E-state index contributed by atoms with van der Waals surface area (Å²) in [5.74, 6) is 0. The standard InChI is InChI=1S/C38H24N2S/c1-2-9-25(10-3-1)26-17-19-27(20-18-26)28-21-23-29(24-22-28)39-32-13-5-4-11-30(32)36-31-12-8-16-35-37(31)40(38(36)39)33-14-6-7-15-34(33)41-35/h1-24H. The van der Waals surface area contributed by atoms with Gasteiger partial charge in [-0.1, -0.05) is 121 Å². The predicted molar refractivity (Wildman–Crippen MR) is 173 cm³/mol. The zero-order chi connectivity index (χ0) is 26.9. The first-order valence-electron chi connectivity index (χ1n) is 14.0. The summed E-state index contributed by atoms with van der Waals surface area (Å²) in [5.41, 5.74) is 11.1. The van der Waals surface area contributed by atoms with Crippen LogP contribution >= 0.6 is 11.8 Å².